The lowest BCUT2D eigenvalue weighted by Crippen LogP contribution is -2.41. The molecule has 8 heteroatoms. The largest absolute Gasteiger partial charge is 0.484 e. The number of nitrogens with zero attached hydrogens (tertiary/aromatic N) is 4. The number of amides is 2. The van der Waals surface area contributed by atoms with Crippen LogP contribution in [0.5, 0.6) is 5.75 Å². The first-order valence-corrected chi connectivity index (χ1v) is 9.71. The summed E-state index contributed by atoms with van der Waals surface area (Å²) in [4.78, 5) is 32.2. The van der Waals surface area contributed by atoms with Gasteiger partial charge in [-0.3, -0.25) is 9.59 Å². The third-order valence-corrected chi connectivity index (χ3v) is 5.25. The lowest BCUT2D eigenvalue weighted by atomic mass is 9.98. The molecule has 1 aromatic heterocycles. The van der Waals surface area contributed by atoms with Crippen LogP contribution in [0.15, 0.2) is 28.8 Å². The zero-order chi connectivity index (χ0) is 19.5. The number of aromatic nitrogens is 2. The number of ether oxygens (including phenoxy) is 1. The number of likely N-dealkylation sites (tertiary alicyclic amines) is 1. The van der Waals surface area contributed by atoms with Crippen LogP contribution < -0.4 is 9.64 Å². The second-order valence-corrected chi connectivity index (χ2v) is 7.29. The Hall–Kier alpha value is -2.90. The Morgan fingerprint density at radius 3 is 2.75 bits per heavy atom. The van der Waals surface area contributed by atoms with Crippen molar-refractivity contribution < 1.29 is 18.8 Å². The van der Waals surface area contributed by atoms with Crippen molar-refractivity contribution in [2.45, 2.75) is 38.5 Å². The number of rotatable bonds is 5. The van der Waals surface area contributed by atoms with Crippen molar-refractivity contribution in [2.24, 2.45) is 0 Å². The van der Waals surface area contributed by atoms with Crippen molar-refractivity contribution in [2.75, 3.05) is 31.1 Å². The Kier molecular flexibility index (Phi) is 5.27. The van der Waals surface area contributed by atoms with Crippen LogP contribution in [-0.4, -0.2) is 53.1 Å². The topological polar surface area (TPSA) is 88.8 Å². The average Bonchev–Trinajstić information content (AvgIpc) is 3.35. The molecular weight excluding hydrogens is 360 g/mol. The first kappa shape index (κ1) is 18.5. The number of carbonyl (C=O) groups excluding carboxylic acids is 2. The Labute approximate surface area is 163 Å². The van der Waals surface area contributed by atoms with E-state index in [2.05, 4.69) is 10.1 Å². The molecule has 1 aromatic carbocycles. The molecular formula is C20H24N4O4. The van der Waals surface area contributed by atoms with Gasteiger partial charge in [-0.1, -0.05) is 5.16 Å². The van der Waals surface area contributed by atoms with Crippen LogP contribution in [0.2, 0.25) is 0 Å². The molecule has 8 nitrogen and oxygen atoms in total. The minimum absolute atomic E-state index is 0.0163. The molecule has 28 heavy (non-hydrogen) atoms. The summed E-state index contributed by atoms with van der Waals surface area (Å²) in [5.74, 6) is 2.00. The Morgan fingerprint density at radius 2 is 2.07 bits per heavy atom. The van der Waals surface area contributed by atoms with Crippen LogP contribution in [0.4, 0.5) is 5.69 Å². The highest BCUT2D eigenvalue weighted by Crippen LogP contribution is 2.26. The zero-order valence-corrected chi connectivity index (χ0v) is 16.0. The van der Waals surface area contributed by atoms with Crippen LogP contribution in [-0.2, 0) is 9.59 Å². The van der Waals surface area contributed by atoms with E-state index in [1.807, 2.05) is 12.1 Å². The summed E-state index contributed by atoms with van der Waals surface area (Å²) in [6, 6.07) is 7.32. The van der Waals surface area contributed by atoms with E-state index in [0.717, 1.165) is 31.5 Å². The predicted octanol–water partition coefficient (Wildman–Crippen LogP) is 2.29. The summed E-state index contributed by atoms with van der Waals surface area (Å²) in [6.45, 7) is 3.81. The van der Waals surface area contributed by atoms with Crippen molar-refractivity contribution >= 4 is 17.5 Å². The molecule has 2 aliphatic heterocycles. The molecule has 2 saturated heterocycles. The summed E-state index contributed by atoms with van der Waals surface area (Å²) >= 11 is 0. The van der Waals surface area contributed by atoms with Crippen molar-refractivity contribution in [3.05, 3.63) is 36.0 Å². The van der Waals surface area contributed by atoms with Gasteiger partial charge in [-0.25, -0.2) is 0 Å². The van der Waals surface area contributed by atoms with E-state index in [4.69, 9.17) is 9.26 Å². The second kappa shape index (κ2) is 8.00. The molecule has 2 amide bonds. The van der Waals surface area contributed by atoms with Gasteiger partial charge in [-0.05, 0) is 50.5 Å². The smallest absolute Gasteiger partial charge is 0.260 e. The van der Waals surface area contributed by atoms with E-state index in [9.17, 15) is 9.59 Å². The number of aryl methyl sites for hydroxylation is 1. The van der Waals surface area contributed by atoms with Crippen LogP contribution in [0, 0.1) is 6.92 Å². The quantitative estimate of drug-likeness (QED) is 0.786. The van der Waals surface area contributed by atoms with Gasteiger partial charge in [0.2, 0.25) is 11.8 Å². The standard InChI is InChI=1S/C20H24N4O4/c1-14-21-20(28-22-14)15-4-2-10-23(12-15)19(26)13-27-17-8-6-16(7-9-17)24-11-3-5-18(24)25/h6-9,15H,2-5,10-13H2,1H3/t15-/m0/s1. The van der Waals surface area contributed by atoms with E-state index >= 15 is 0 Å². The van der Waals surface area contributed by atoms with Crippen LogP contribution in [0.25, 0.3) is 0 Å². The summed E-state index contributed by atoms with van der Waals surface area (Å²) in [7, 11) is 0. The predicted molar refractivity (Wildman–Crippen MR) is 101 cm³/mol. The molecule has 0 radical (unpaired) electrons. The number of carbonyl (C=O) groups is 2. The van der Waals surface area contributed by atoms with Gasteiger partial charge in [0.25, 0.3) is 5.91 Å². The first-order valence-electron chi connectivity index (χ1n) is 9.71. The van der Waals surface area contributed by atoms with E-state index < -0.39 is 0 Å². The molecule has 2 aliphatic rings. The number of piperidine rings is 1. The van der Waals surface area contributed by atoms with Gasteiger partial charge in [0.15, 0.2) is 12.4 Å². The SMILES string of the molecule is Cc1noc([C@H]2CCCN(C(=O)COc3ccc(N4CCCC4=O)cc3)C2)n1. The summed E-state index contributed by atoms with van der Waals surface area (Å²) in [5.41, 5.74) is 0.870. The van der Waals surface area contributed by atoms with Crippen molar-refractivity contribution in [3.8, 4) is 5.75 Å². The molecule has 0 aliphatic carbocycles. The fraction of sp³-hybridized carbons (Fsp3) is 0.500. The molecule has 148 valence electrons. The minimum Gasteiger partial charge on any atom is -0.484 e. The monoisotopic (exact) mass is 384 g/mol. The molecule has 0 saturated carbocycles. The molecule has 4 rings (SSSR count). The molecule has 2 fully saturated rings. The van der Waals surface area contributed by atoms with Crippen LogP contribution in [0.3, 0.4) is 0 Å². The van der Waals surface area contributed by atoms with Gasteiger partial charge in [0.1, 0.15) is 5.75 Å². The molecule has 0 unspecified atom stereocenters. The number of benzene rings is 1. The maximum atomic E-state index is 12.6. The molecule has 0 spiro atoms. The van der Waals surface area contributed by atoms with Crippen molar-refractivity contribution in [3.63, 3.8) is 0 Å². The summed E-state index contributed by atoms with van der Waals surface area (Å²) < 4.78 is 10.9. The van der Waals surface area contributed by atoms with Gasteiger partial charge in [0.05, 0.1) is 5.92 Å². The van der Waals surface area contributed by atoms with Gasteiger partial charge in [0, 0.05) is 31.7 Å². The number of hydrogen-bond acceptors (Lipinski definition) is 6. The Balaban J connectivity index is 1.30. The highest BCUT2D eigenvalue weighted by molar-refractivity contribution is 5.95. The van der Waals surface area contributed by atoms with Gasteiger partial charge in [-0.15, -0.1) is 0 Å². The number of anilines is 1. The third-order valence-electron chi connectivity index (χ3n) is 5.25. The number of hydrogen-bond donors (Lipinski definition) is 0. The lowest BCUT2D eigenvalue weighted by Gasteiger charge is -2.31. The van der Waals surface area contributed by atoms with E-state index in [1.54, 1.807) is 28.9 Å². The highest BCUT2D eigenvalue weighted by Gasteiger charge is 2.28. The molecule has 0 N–H and O–H groups in total. The molecule has 0 bridgehead atoms. The minimum atomic E-state index is -0.0558. The van der Waals surface area contributed by atoms with Gasteiger partial charge < -0.3 is 19.1 Å². The van der Waals surface area contributed by atoms with Crippen LogP contribution in [0.1, 0.15) is 43.3 Å². The molecule has 3 heterocycles. The second-order valence-electron chi connectivity index (χ2n) is 7.29. The highest BCUT2D eigenvalue weighted by atomic mass is 16.5. The van der Waals surface area contributed by atoms with E-state index in [1.165, 1.54) is 0 Å². The van der Waals surface area contributed by atoms with Gasteiger partial charge >= 0.3 is 0 Å². The van der Waals surface area contributed by atoms with Crippen molar-refractivity contribution in [1.82, 2.24) is 15.0 Å². The lowest BCUT2D eigenvalue weighted by molar-refractivity contribution is -0.134. The van der Waals surface area contributed by atoms with Crippen LogP contribution >= 0.6 is 0 Å². The maximum absolute atomic E-state index is 12.6. The zero-order valence-electron chi connectivity index (χ0n) is 16.0. The normalized spacial score (nSPS) is 19.9. The van der Waals surface area contributed by atoms with Crippen molar-refractivity contribution in [1.29, 1.82) is 0 Å². The molecule has 2 aromatic rings. The van der Waals surface area contributed by atoms with E-state index in [0.29, 0.717) is 37.0 Å². The average molecular weight is 384 g/mol. The molecule has 1 atom stereocenters. The third kappa shape index (κ3) is 4.00. The van der Waals surface area contributed by atoms with E-state index in [-0.39, 0.29) is 24.3 Å². The summed E-state index contributed by atoms with van der Waals surface area (Å²) in [6.07, 6.45) is 3.33. The maximum Gasteiger partial charge on any atom is 0.260 e. The van der Waals surface area contributed by atoms with Gasteiger partial charge in [-0.2, -0.15) is 4.98 Å². The Morgan fingerprint density at radius 1 is 1.25 bits per heavy atom. The fourth-order valence-electron chi connectivity index (χ4n) is 3.76. The summed E-state index contributed by atoms with van der Waals surface area (Å²) in [5, 5.41) is 3.84. The fourth-order valence-corrected chi connectivity index (χ4v) is 3.76. The first-order chi connectivity index (χ1) is 13.6. The Bertz CT molecular complexity index is 848.